The molecule has 0 radical (unpaired) electrons. The van der Waals surface area contributed by atoms with Gasteiger partial charge in [-0.3, -0.25) is 4.79 Å². The molecular weight excluding hydrogens is 328 g/mol. The average molecular weight is 350 g/mol. The molecule has 0 saturated heterocycles. The third-order valence-electron chi connectivity index (χ3n) is 4.58. The molecule has 134 valence electrons. The number of carbonyl (C=O) groups excluding carboxylic acids is 1. The second-order valence-electron chi connectivity index (χ2n) is 7.01. The number of nitrogens with zero attached hydrogens (tertiary/aromatic N) is 3. The van der Waals surface area contributed by atoms with Crippen molar-refractivity contribution in [2.24, 2.45) is 5.92 Å². The smallest absolute Gasteiger partial charge is 0.253 e. The van der Waals surface area contributed by atoms with Crippen LogP contribution in [0.2, 0.25) is 0 Å². The maximum absolute atomic E-state index is 12.5. The molecule has 0 unspecified atom stereocenters. The number of anilines is 1. The Bertz CT molecular complexity index is 891. The highest BCUT2D eigenvalue weighted by Crippen LogP contribution is 2.32. The summed E-state index contributed by atoms with van der Waals surface area (Å²) < 4.78 is 6.75. The summed E-state index contributed by atoms with van der Waals surface area (Å²) >= 11 is 0. The van der Waals surface area contributed by atoms with Gasteiger partial charge >= 0.3 is 0 Å². The molecular formula is C20H22N4O2. The fourth-order valence-electron chi connectivity index (χ4n) is 2.80. The topological polar surface area (TPSA) is 73.0 Å². The van der Waals surface area contributed by atoms with E-state index < -0.39 is 0 Å². The average Bonchev–Trinajstić information content (AvgIpc) is 3.18. The molecule has 0 aliphatic heterocycles. The predicted octanol–water partition coefficient (Wildman–Crippen LogP) is 4.32. The lowest BCUT2D eigenvalue weighted by Crippen LogP contribution is -2.18. The van der Waals surface area contributed by atoms with E-state index in [-0.39, 0.29) is 11.8 Å². The molecule has 6 nitrogen and oxygen atoms in total. The van der Waals surface area contributed by atoms with Crippen molar-refractivity contribution in [1.29, 1.82) is 0 Å². The molecule has 26 heavy (non-hydrogen) atoms. The van der Waals surface area contributed by atoms with E-state index in [0.29, 0.717) is 30.0 Å². The fourth-order valence-corrected chi connectivity index (χ4v) is 2.80. The number of nitrogens with one attached hydrogen (secondary N) is 1. The number of hydrogen-bond donors (Lipinski definition) is 1. The zero-order valence-corrected chi connectivity index (χ0v) is 15.0. The first-order chi connectivity index (χ1) is 12.6. The minimum Gasteiger partial charge on any atom is -0.461 e. The standard InChI is InChI=1S/C20H22N4O2/c1-13(2)15-7-5-14(6-8-15)12-21-20-22-18(17-4-3-11-26-17)23-24(20)19(25)16-9-10-16/h3-8,11,13,16H,9-10,12H2,1-2H3,(H,21,22,23). The zero-order valence-electron chi connectivity index (χ0n) is 15.0. The second kappa shape index (κ2) is 6.78. The Morgan fingerprint density at radius 3 is 2.65 bits per heavy atom. The highest BCUT2D eigenvalue weighted by molar-refractivity contribution is 5.85. The molecule has 0 amide bonds. The van der Waals surface area contributed by atoms with Crippen LogP contribution in [0.15, 0.2) is 47.1 Å². The Hall–Kier alpha value is -2.89. The largest absolute Gasteiger partial charge is 0.461 e. The minimum atomic E-state index is -0.00652. The first-order valence-electron chi connectivity index (χ1n) is 8.99. The van der Waals surface area contributed by atoms with Gasteiger partial charge in [-0.05, 0) is 42.0 Å². The molecule has 4 rings (SSSR count). The quantitative estimate of drug-likeness (QED) is 0.716. The highest BCUT2D eigenvalue weighted by Gasteiger charge is 2.33. The summed E-state index contributed by atoms with van der Waals surface area (Å²) in [6.45, 7) is 4.93. The van der Waals surface area contributed by atoms with Crippen LogP contribution in [0.25, 0.3) is 11.6 Å². The first-order valence-corrected chi connectivity index (χ1v) is 8.99. The molecule has 1 aliphatic carbocycles. The van der Waals surface area contributed by atoms with Crippen molar-refractivity contribution in [3.8, 4) is 11.6 Å². The number of rotatable bonds is 6. The zero-order chi connectivity index (χ0) is 18.1. The lowest BCUT2D eigenvalue weighted by Gasteiger charge is -2.09. The van der Waals surface area contributed by atoms with Crippen LogP contribution >= 0.6 is 0 Å². The summed E-state index contributed by atoms with van der Waals surface area (Å²) in [6.07, 6.45) is 3.41. The molecule has 1 fully saturated rings. The molecule has 3 aromatic rings. The Kier molecular flexibility index (Phi) is 4.32. The van der Waals surface area contributed by atoms with E-state index in [1.807, 2.05) is 0 Å². The molecule has 1 aromatic carbocycles. The summed E-state index contributed by atoms with van der Waals surface area (Å²) in [5.41, 5.74) is 2.43. The Balaban J connectivity index is 1.55. The fraction of sp³-hybridized carbons (Fsp3) is 0.350. The third-order valence-corrected chi connectivity index (χ3v) is 4.58. The lowest BCUT2D eigenvalue weighted by molar-refractivity contribution is 0.0872. The van der Waals surface area contributed by atoms with Gasteiger partial charge in [-0.2, -0.15) is 9.67 Å². The van der Waals surface area contributed by atoms with Crippen LogP contribution in [0, 0.1) is 5.92 Å². The Morgan fingerprint density at radius 1 is 1.27 bits per heavy atom. The van der Waals surface area contributed by atoms with Crippen LogP contribution in [0.3, 0.4) is 0 Å². The minimum absolute atomic E-state index is 0.00652. The number of carbonyl (C=O) groups is 1. The van der Waals surface area contributed by atoms with E-state index >= 15 is 0 Å². The lowest BCUT2D eigenvalue weighted by atomic mass is 10.0. The molecule has 1 aliphatic rings. The van der Waals surface area contributed by atoms with Crippen molar-refractivity contribution in [2.45, 2.75) is 39.2 Å². The van der Waals surface area contributed by atoms with Crippen molar-refractivity contribution < 1.29 is 9.21 Å². The van der Waals surface area contributed by atoms with Crippen LogP contribution in [-0.4, -0.2) is 20.7 Å². The molecule has 1 saturated carbocycles. The van der Waals surface area contributed by atoms with Crippen LogP contribution in [0.5, 0.6) is 0 Å². The maximum Gasteiger partial charge on any atom is 0.253 e. The highest BCUT2D eigenvalue weighted by atomic mass is 16.3. The van der Waals surface area contributed by atoms with Crippen molar-refractivity contribution in [1.82, 2.24) is 14.8 Å². The first kappa shape index (κ1) is 16.6. The summed E-state index contributed by atoms with van der Waals surface area (Å²) in [4.78, 5) is 17.0. The molecule has 2 aromatic heterocycles. The molecule has 0 spiro atoms. The number of aromatic nitrogens is 3. The Labute approximate surface area is 152 Å². The van der Waals surface area contributed by atoms with Gasteiger partial charge in [0.25, 0.3) is 5.91 Å². The summed E-state index contributed by atoms with van der Waals surface area (Å²) in [5, 5.41) is 7.61. The van der Waals surface area contributed by atoms with Gasteiger partial charge in [0.1, 0.15) is 0 Å². The van der Waals surface area contributed by atoms with Crippen molar-refractivity contribution in [3.63, 3.8) is 0 Å². The molecule has 2 heterocycles. The second-order valence-corrected chi connectivity index (χ2v) is 7.01. The van der Waals surface area contributed by atoms with Gasteiger partial charge in [0.15, 0.2) is 5.76 Å². The van der Waals surface area contributed by atoms with Crippen LogP contribution in [0.1, 0.15) is 48.5 Å². The molecule has 6 heteroatoms. The van der Waals surface area contributed by atoms with E-state index in [9.17, 15) is 4.79 Å². The van der Waals surface area contributed by atoms with Crippen LogP contribution in [0.4, 0.5) is 5.95 Å². The number of hydrogen-bond acceptors (Lipinski definition) is 5. The van der Waals surface area contributed by atoms with Gasteiger partial charge in [-0.1, -0.05) is 38.1 Å². The third kappa shape index (κ3) is 3.40. The van der Waals surface area contributed by atoms with Crippen molar-refractivity contribution >= 4 is 11.9 Å². The SMILES string of the molecule is CC(C)c1ccc(CNc2nc(-c3ccco3)nn2C(=O)C2CC2)cc1. The number of benzene rings is 1. The maximum atomic E-state index is 12.5. The molecule has 1 N–H and O–H groups in total. The Morgan fingerprint density at radius 2 is 2.04 bits per heavy atom. The van der Waals surface area contributed by atoms with Crippen molar-refractivity contribution in [3.05, 3.63) is 53.8 Å². The van der Waals surface area contributed by atoms with E-state index in [1.165, 1.54) is 10.2 Å². The van der Waals surface area contributed by atoms with Gasteiger partial charge in [0, 0.05) is 12.5 Å². The van der Waals surface area contributed by atoms with E-state index in [0.717, 1.165) is 18.4 Å². The van der Waals surface area contributed by atoms with E-state index in [1.54, 1.807) is 18.4 Å². The monoisotopic (exact) mass is 350 g/mol. The summed E-state index contributed by atoms with van der Waals surface area (Å²) in [5.74, 6) is 1.99. The number of furan rings is 1. The van der Waals surface area contributed by atoms with Gasteiger partial charge in [-0.25, -0.2) is 0 Å². The van der Waals surface area contributed by atoms with E-state index in [4.69, 9.17) is 4.42 Å². The van der Waals surface area contributed by atoms with Crippen LogP contribution < -0.4 is 5.32 Å². The van der Waals surface area contributed by atoms with Gasteiger partial charge in [0.05, 0.1) is 6.26 Å². The molecule has 0 atom stereocenters. The summed E-state index contributed by atoms with van der Waals surface area (Å²) in [6, 6.07) is 12.0. The normalized spacial score (nSPS) is 14.0. The van der Waals surface area contributed by atoms with Gasteiger partial charge in [0.2, 0.25) is 11.8 Å². The molecule has 0 bridgehead atoms. The van der Waals surface area contributed by atoms with Gasteiger partial charge in [-0.15, -0.1) is 5.10 Å². The van der Waals surface area contributed by atoms with Crippen molar-refractivity contribution in [2.75, 3.05) is 5.32 Å². The van der Waals surface area contributed by atoms with E-state index in [2.05, 4.69) is 53.5 Å². The predicted molar refractivity (Wildman–Crippen MR) is 98.9 cm³/mol. The summed E-state index contributed by atoms with van der Waals surface area (Å²) in [7, 11) is 0. The van der Waals surface area contributed by atoms with Crippen LogP contribution in [-0.2, 0) is 6.54 Å². The van der Waals surface area contributed by atoms with Gasteiger partial charge < -0.3 is 9.73 Å².